The zero-order valence-electron chi connectivity index (χ0n) is 10.7. The molecule has 0 aliphatic heterocycles. The molecular formula is C13H11ClN6. The van der Waals surface area contributed by atoms with Crippen LogP contribution in [0, 0.1) is 0 Å². The van der Waals surface area contributed by atoms with Crippen molar-refractivity contribution in [2.24, 2.45) is 0 Å². The molecule has 1 N–H and O–H groups in total. The van der Waals surface area contributed by atoms with E-state index in [9.17, 15) is 0 Å². The summed E-state index contributed by atoms with van der Waals surface area (Å²) >= 11 is 6.19. The van der Waals surface area contributed by atoms with Gasteiger partial charge in [0.1, 0.15) is 6.33 Å². The predicted octanol–water partition coefficient (Wildman–Crippen LogP) is 2.42. The molecule has 20 heavy (non-hydrogen) atoms. The van der Waals surface area contributed by atoms with Crippen molar-refractivity contribution < 1.29 is 0 Å². The minimum atomic E-state index is 0.471. The molecule has 100 valence electrons. The summed E-state index contributed by atoms with van der Waals surface area (Å²) in [5, 5.41) is 3.51. The number of anilines is 1. The Morgan fingerprint density at radius 3 is 2.70 bits per heavy atom. The molecule has 0 atom stereocenters. The van der Waals surface area contributed by atoms with Crippen molar-refractivity contribution in [3.05, 3.63) is 48.0 Å². The summed E-state index contributed by atoms with van der Waals surface area (Å²) in [6.45, 7) is 0. The van der Waals surface area contributed by atoms with Gasteiger partial charge in [-0.3, -0.25) is 4.57 Å². The highest BCUT2D eigenvalue weighted by Gasteiger charge is 2.11. The maximum atomic E-state index is 6.19. The summed E-state index contributed by atoms with van der Waals surface area (Å²) in [5.74, 6) is 1.47. The molecule has 0 spiro atoms. The molecular weight excluding hydrogens is 276 g/mol. The highest BCUT2D eigenvalue weighted by atomic mass is 35.5. The first-order valence-corrected chi connectivity index (χ1v) is 6.33. The van der Waals surface area contributed by atoms with Crippen LogP contribution in [0.5, 0.6) is 0 Å². The normalized spacial score (nSPS) is 10.5. The van der Waals surface area contributed by atoms with Crippen LogP contribution in [0.3, 0.4) is 0 Å². The molecule has 3 rings (SSSR count). The lowest BCUT2D eigenvalue weighted by Crippen LogP contribution is -2.06. The highest BCUT2D eigenvalue weighted by Crippen LogP contribution is 2.25. The van der Waals surface area contributed by atoms with Crippen LogP contribution in [-0.4, -0.2) is 31.6 Å². The summed E-state index contributed by atoms with van der Waals surface area (Å²) in [6, 6.07) is 7.43. The highest BCUT2D eigenvalue weighted by molar-refractivity contribution is 6.33. The van der Waals surface area contributed by atoms with Crippen LogP contribution in [0.1, 0.15) is 0 Å². The fourth-order valence-corrected chi connectivity index (χ4v) is 1.95. The third kappa shape index (κ3) is 2.33. The van der Waals surface area contributed by atoms with Gasteiger partial charge < -0.3 is 5.32 Å². The van der Waals surface area contributed by atoms with E-state index < -0.39 is 0 Å². The van der Waals surface area contributed by atoms with Crippen LogP contribution >= 0.6 is 11.6 Å². The quantitative estimate of drug-likeness (QED) is 0.801. The molecule has 1 aromatic carbocycles. The van der Waals surface area contributed by atoms with Gasteiger partial charge in [-0.15, -0.1) is 0 Å². The maximum absolute atomic E-state index is 6.19. The molecule has 0 radical (unpaired) electrons. The third-order valence-electron chi connectivity index (χ3n) is 2.70. The predicted molar refractivity (Wildman–Crippen MR) is 76.9 cm³/mol. The number of nitrogens with one attached hydrogen (secondary N) is 1. The largest absolute Gasteiger partial charge is 0.357 e. The second kappa shape index (κ2) is 5.26. The molecule has 0 saturated heterocycles. The Balaban J connectivity index is 2.17. The molecule has 2 heterocycles. The van der Waals surface area contributed by atoms with E-state index in [-0.39, 0.29) is 0 Å². The van der Waals surface area contributed by atoms with Gasteiger partial charge in [-0.05, 0) is 12.1 Å². The van der Waals surface area contributed by atoms with Crippen molar-refractivity contribution in [1.82, 2.24) is 24.5 Å². The number of halogens is 1. The van der Waals surface area contributed by atoms with Crippen molar-refractivity contribution in [3.8, 4) is 17.3 Å². The van der Waals surface area contributed by atoms with Crippen molar-refractivity contribution in [2.45, 2.75) is 0 Å². The Morgan fingerprint density at radius 1 is 1.15 bits per heavy atom. The molecule has 0 aliphatic rings. The molecule has 0 fully saturated rings. The lowest BCUT2D eigenvalue weighted by Gasteiger charge is -2.08. The second-order valence-electron chi connectivity index (χ2n) is 3.98. The van der Waals surface area contributed by atoms with Crippen LogP contribution in [0.15, 0.2) is 43.0 Å². The van der Waals surface area contributed by atoms with E-state index in [1.54, 1.807) is 36.4 Å². The van der Waals surface area contributed by atoms with E-state index >= 15 is 0 Å². The van der Waals surface area contributed by atoms with E-state index in [0.29, 0.717) is 22.7 Å². The van der Waals surface area contributed by atoms with Crippen LogP contribution < -0.4 is 5.32 Å². The number of hydrogen-bond donors (Lipinski definition) is 1. The van der Waals surface area contributed by atoms with Crippen molar-refractivity contribution >= 4 is 17.5 Å². The van der Waals surface area contributed by atoms with Gasteiger partial charge in [0.05, 0.1) is 5.02 Å². The zero-order valence-corrected chi connectivity index (χ0v) is 11.4. The van der Waals surface area contributed by atoms with Crippen molar-refractivity contribution in [2.75, 3.05) is 12.4 Å². The number of nitrogens with zero attached hydrogens (tertiary/aromatic N) is 5. The van der Waals surface area contributed by atoms with E-state index in [1.165, 1.54) is 0 Å². The number of aromatic nitrogens is 5. The number of hydrogen-bond acceptors (Lipinski definition) is 5. The Labute approximate surface area is 120 Å². The number of rotatable bonds is 3. The van der Waals surface area contributed by atoms with E-state index in [2.05, 4.69) is 25.3 Å². The minimum absolute atomic E-state index is 0.471. The van der Waals surface area contributed by atoms with E-state index in [0.717, 1.165) is 5.56 Å². The van der Waals surface area contributed by atoms with E-state index in [1.807, 2.05) is 18.2 Å². The Hall–Kier alpha value is -2.47. The van der Waals surface area contributed by atoms with Crippen molar-refractivity contribution in [3.63, 3.8) is 0 Å². The van der Waals surface area contributed by atoms with Gasteiger partial charge in [0.2, 0.25) is 11.9 Å². The fourth-order valence-electron chi connectivity index (χ4n) is 1.73. The van der Waals surface area contributed by atoms with Gasteiger partial charge in [0.15, 0.2) is 5.82 Å². The lowest BCUT2D eigenvalue weighted by atomic mass is 10.2. The Bertz CT molecular complexity index is 725. The lowest BCUT2D eigenvalue weighted by molar-refractivity contribution is 0.902. The first kappa shape index (κ1) is 12.6. The van der Waals surface area contributed by atoms with Crippen LogP contribution in [0.25, 0.3) is 17.3 Å². The summed E-state index contributed by atoms with van der Waals surface area (Å²) in [5.41, 5.74) is 0.759. The van der Waals surface area contributed by atoms with Crippen LogP contribution in [0.2, 0.25) is 5.02 Å². The standard InChI is InChI=1S/C13H11ClN6/c1-15-12-17-11(9-4-2-3-5-10(9)14)18-13(19-12)20-7-6-16-8-20/h2-8H,1H3,(H,15,17,18,19). The summed E-state index contributed by atoms with van der Waals surface area (Å²) in [4.78, 5) is 17.1. The molecule has 6 nitrogen and oxygen atoms in total. The van der Waals surface area contributed by atoms with Crippen LogP contribution in [-0.2, 0) is 0 Å². The monoisotopic (exact) mass is 286 g/mol. The smallest absolute Gasteiger partial charge is 0.240 e. The summed E-state index contributed by atoms with van der Waals surface area (Å²) in [7, 11) is 1.75. The number of imidazole rings is 1. The molecule has 2 aromatic heterocycles. The van der Waals surface area contributed by atoms with Gasteiger partial charge >= 0.3 is 0 Å². The number of benzene rings is 1. The second-order valence-corrected chi connectivity index (χ2v) is 4.39. The van der Waals surface area contributed by atoms with Crippen molar-refractivity contribution in [1.29, 1.82) is 0 Å². The average molecular weight is 287 g/mol. The van der Waals surface area contributed by atoms with E-state index in [4.69, 9.17) is 11.6 Å². The first-order valence-electron chi connectivity index (χ1n) is 5.95. The van der Waals surface area contributed by atoms with Gasteiger partial charge in [0, 0.05) is 25.0 Å². The molecule has 0 bridgehead atoms. The van der Waals surface area contributed by atoms with Gasteiger partial charge in [-0.1, -0.05) is 23.7 Å². The van der Waals surface area contributed by atoms with Gasteiger partial charge in [0.25, 0.3) is 0 Å². The summed E-state index contributed by atoms with van der Waals surface area (Å²) in [6.07, 6.45) is 5.06. The first-order chi connectivity index (χ1) is 9.78. The minimum Gasteiger partial charge on any atom is -0.357 e. The molecule has 3 aromatic rings. The molecule has 0 amide bonds. The van der Waals surface area contributed by atoms with Crippen LogP contribution in [0.4, 0.5) is 5.95 Å². The fraction of sp³-hybridized carbons (Fsp3) is 0.0769. The molecule has 7 heteroatoms. The molecule has 0 unspecified atom stereocenters. The molecule has 0 saturated carbocycles. The SMILES string of the molecule is CNc1nc(-c2ccccc2Cl)nc(-n2ccnc2)n1. The average Bonchev–Trinajstić information content (AvgIpc) is 3.01. The maximum Gasteiger partial charge on any atom is 0.240 e. The van der Waals surface area contributed by atoms with Gasteiger partial charge in [-0.2, -0.15) is 15.0 Å². The molecule has 0 aliphatic carbocycles. The topological polar surface area (TPSA) is 68.5 Å². The Kier molecular flexibility index (Phi) is 3.30. The zero-order chi connectivity index (χ0) is 13.9. The Morgan fingerprint density at radius 2 is 2.00 bits per heavy atom. The van der Waals surface area contributed by atoms with Gasteiger partial charge in [-0.25, -0.2) is 4.98 Å². The summed E-state index contributed by atoms with van der Waals surface area (Å²) < 4.78 is 1.71. The third-order valence-corrected chi connectivity index (χ3v) is 3.03.